The molecule has 26 heavy (non-hydrogen) atoms. The number of imide groups is 1. The lowest BCUT2D eigenvalue weighted by Gasteiger charge is -2.28. The van der Waals surface area contributed by atoms with Crippen LogP contribution in [0.4, 0.5) is 0 Å². The van der Waals surface area contributed by atoms with Crippen molar-refractivity contribution >= 4 is 64.1 Å². The molecule has 0 aliphatic carbocycles. The lowest BCUT2D eigenvalue weighted by Crippen LogP contribution is -2.52. The number of carbonyl (C=O) groups is 3. The van der Waals surface area contributed by atoms with E-state index < -0.39 is 29.8 Å². The molecule has 0 fully saturated rings. The van der Waals surface area contributed by atoms with Crippen LogP contribution in [-0.4, -0.2) is 34.7 Å². The van der Waals surface area contributed by atoms with Crippen LogP contribution in [0.25, 0.3) is 0 Å². The van der Waals surface area contributed by atoms with E-state index in [1.165, 1.54) is 0 Å². The molecule has 1 aromatic carbocycles. The lowest BCUT2D eigenvalue weighted by atomic mass is 9.90. The van der Waals surface area contributed by atoms with Crippen molar-refractivity contribution in [3.05, 3.63) is 31.2 Å². The Bertz CT molecular complexity index is 832. The summed E-state index contributed by atoms with van der Waals surface area (Å²) in [4.78, 5) is 38.1. The Labute approximate surface area is 169 Å². The van der Waals surface area contributed by atoms with Crippen LogP contribution in [0.2, 0.25) is 20.1 Å². The molecule has 1 aliphatic heterocycles. The van der Waals surface area contributed by atoms with Crippen molar-refractivity contribution < 1.29 is 14.4 Å². The van der Waals surface area contributed by atoms with Gasteiger partial charge in [0.1, 0.15) is 12.1 Å². The van der Waals surface area contributed by atoms with Crippen LogP contribution in [0, 0.1) is 17.2 Å². The first-order chi connectivity index (χ1) is 12.0. The third-order valence-corrected chi connectivity index (χ3v) is 6.07. The molecule has 6 nitrogen and oxygen atoms in total. The van der Waals surface area contributed by atoms with E-state index in [4.69, 9.17) is 46.4 Å². The zero-order valence-corrected chi connectivity index (χ0v) is 16.9. The summed E-state index contributed by atoms with van der Waals surface area (Å²) in [5.74, 6) is -2.50. The molecule has 138 valence electrons. The summed E-state index contributed by atoms with van der Waals surface area (Å²) in [5.41, 5.74) is -1.55. The molecule has 0 aromatic heterocycles. The molecule has 2 rings (SSSR count). The normalized spacial score (nSPS) is 15.7. The number of fused-ring (bicyclic) bond motifs is 1. The van der Waals surface area contributed by atoms with Gasteiger partial charge in [-0.2, -0.15) is 5.26 Å². The van der Waals surface area contributed by atoms with Gasteiger partial charge in [0.05, 0.1) is 37.3 Å². The highest BCUT2D eigenvalue weighted by Gasteiger charge is 2.43. The molecule has 1 aliphatic rings. The summed E-state index contributed by atoms with van der Waals surface area (Å²) in [5, 5.41) is 11.1. The van der Waals surface area contributed by atoms with E-state index in [9.17, 15) is 19.6 Å². The van der Waals surface area contributed by atoms with Gasteiger partial charge in [-0.3, -0.25) is 19.3 Å². The molecular formula is C16H13Cl4N3O3. The summed E-state index contributed by atoms with van der Waals surface area (Å²) < 4.78 is 0. The zero-order chi connectivity index (χ0) is 20.0. The number of carbonyl (C=O) groups excluding carboxylic acids is 3. The molecule has 0 saturated carbocycles. The Balaban J connectivity index is 2.35. The van der Waals surface area contributed by atoms with Crippen LogP contribution in [0.15, 0.2) is 0 Å². The minimum atomic E-state index is -1.16. The number of halogens is 4. The fraction of sp³-hybridized carbons (Fsp3) is 0.375. The van der Waals surface area contributed by atoms with Gasteiger partial charge in [0.15, 0.2) is 0 Å². The number of nitrogens with one attached hydrogen (secondary N) is 1. The van der Waals surface area contributed by atoms with Crippen molar-refractivity contribution in [2.24, 2.45) is 5.92 Å². The van der Waals surface area contributed by atoms with Crippen molar-refractivity contribution in [1.82, 2.24) is 10.2 Å². The number of hydrogen-bond acceptors (Lipinski definition) is 4. The maximum atomic E-state index is 12.6. The predicted octanol–water partition coefficient (Wildman–Crippen LogP) is 3.95. The molecule has 1 atom stereocenters. The van der Waals surface area contributed by atoms with Crippen LogP contribution in [0.1, 0.15) is 41.5 Å². The highest BCUT2D eigenvalue weighted by atomic mass is 35.5. The lowest BCUT2D eigenvalue weighted by molar-refractivity contribution is -0.123. The predicted molar refractivity (Wildman–Crippen MR) is 98.8 cm³/mol. The Morgan fingerprint density at radius 3 is 1.85 bits per heavy atom. The van der Waals surface area contributed by atoms with Gasteiger partial charge in [0.25, 0.3) is 11.8 Å². The smallest absolute Gasteiger partial charge is 0.263 e. The van der Waals surface area contributed by atoms with E-state index in [1.54, 1.807) is 20.8 Å². The second-order valence-corrected chi connectivity index (χ2v) is 7.73. The van der Waals surface area contributed by atoms with E-state index in [1.807, 2.05) is 6.07 Å². The Morgan fingerprint density at radius 1 is 1.08 bits per heavy atom. The van der Waals surface area contributed by atoms with Gasteiger partial charge in [-0.15, -0.1) is 0 Å². The number of nitriles is 1. The Morgan fingerprint density at radius 2 is 1.50 bits per heavy atom. The summed E-state index contributed by atoms with van der Waals surface area (Å²) in [6.07, 6.45) is 0. The summed E-state index contributed by atoms with van der Waals surface area (Å²) in [6, 6.07) is 2.01. The highest BCUT2D eigenvalue weighted by molar-refractivity contribution is 6.55. The third-order valence-electron chi connectivity index (χ3n) is 4.27. The van der Waals surface area contributed by atoms with E-state index in [0.29, 0.717) is 4.90 Å². The monoisotopic (exact) mass is 435 g/mol. The molecule has 1 N–H and O–H groups in total. The maximum Gasteiger partial charge on any atom is 0.263 e. The number of benzene rings is 1. The van der Waals surface area contributed by atoms with Gasteiger partial charge < -0.3 is 5.32 Å². The molecule has 1 aromatic rings. The van der Waals surface area contributed by atoms with Crippen LogP contribution in [0.3, 0.4) is 0 Å². The SMILES string of the molecule is CC(C)C(C)(C#N)NC(=O)CN1C(=O)c2c(Cl)c(Cl)c(Cl)c(Cl)c2C1=O. The number of nitrogens with zero attached hydrogens (tertiary/aromatic N) is 2. The van der Waals surface area contributed by atoms with Crippen molar-refractivity contribution in [1.29, 1.82) is 5.26 Å². The average molecular weight is 437 g/mol. The Hall–Kier alpha value is -1.52. The first kappa shape index (κ1) is 20.8. The molecule has 1 heterocycles. The van der Waals surface area contributed by atoms with E-state index in [-0.39, 0.29) is 37.1 Å². The van der Waals surface area contributed by atoms with Crippen molar-refractivity contribution in [2.75, 3.05) is 6.54 Å². The largest absolute Gasteiger partial charge is 0.336 e. The minimum absolute atomic E-state index is 0.151. The van der Waals surface area contributed by atoms with Gasteiger partial charge >= 0.3 is 0 Å². The van der Waals surface area contributed by atoms with Crippen molar-refractivity contribution in [3.63, 3.8) is 0 Å². The summed E-state index contributed by atoms with van der Waals surface area (Å²) in [7, 11) is 0. The van der Waals surface area contributed by atoms with Gasteiger partial charge in [-0.05, 0) is 12.8 Å². The molecule has 3 amide bonds. The second kappa shape index (κ2) is 7.24. The number of amides is 3. The van der Waals surface area contributed by atoms with Gasteiger partial charge in [0, 0.05) is 0 Å². The number of rotatable bonds is 4. The van der Waals surface area contributed by atoms with Crippen molar-refractivity contribution in [2.45, 2.75) is 26.3 Å². The van der Waals surface area contributed by atoms with E-state index >= 15 is 0 Å². The Kier molecular flexibility index (Phi) is 5.79. The molecule has 0 bridgehead atoms. The number of hydrogen-bond donors (Lipinski definition) is 1. The van der Waals surface area contributed by atoms with Crippen LogP contribution < -0.4 is 5.32 Å². The molecule has 0 radical (unpaired) electrons. The zero-order valence-electron chi connectivity index (χ0n) is 13.9. The topological polar surface area (TPSA) is 90.3 Å². The van der Waals surface area contributed by atoms with Crippen molar-refractivity contribution in [3.8, 4) is 6.07 Å². The van der Waals surface area contributed by atoms with Crippen LogP contribution in [0.5, 0.6) is 0 Å². The fourth-order valence-electron chi connectivity index (χ4n) is 2.31. The second-order valence-electron chi connectivity index (χ2n) is 6.22. The van der Waals surface area contributed by atoms with Crippen LogP contribution in [-0.2, 0) is 4.79 Å². The first-order valence-electron chi connectivity index (χ1n) is 7.40. The van der Waals surface area contributed by atoms with Gasteiger partial charge in [-0.25, -0.2) is 0 Å². The first-order valence-corrected chi connectivity index (χ1v) is 8.91. The average Bonchev–Trinajstić information content (AvgIpc) is 2.82. The molecule has 0 saturated heterocycles. The molecular weight excluding hydrogens is 424 g/mol. The van der Waals surface area contributed by atoms with E-state index in [2.05, 4.69) is 5.32 Å². The fourth-order valence-corrected chi connectivity index (χ4v) is 3.33. The summed E-state index contributed by atoms with van der Waals surface area (Å²) in [6.45, 7) is 4.47. The standard InChI is InChI=1S/C16H13Cl4N3O3/c1-6(2)16(3,5-21)22-7(24)4-23-14(25)8-9(15(23)26)11(18)13(20)12(19)10(8)17/h6H,4H2,1-3H3,(H,22,24). The quantitative estimate of drug-likeness (QED) is 0.439. The molecule has 1 unspecified atom stereocenters. The van der Waals surface area contributed by atoms with Crippen LogP contribution >= 0.6 is 46.4 Å². The molecule has 0 spiro atoms. The highest BCUT2D eigenvalue weighted by Crippen LogP contribution is 2.44. The van der Waals surface area contributed by atoms with Gasteiger partial charge in [-0.1, -0.05) is 60.3 Å². The summed E-state index contributed by atoms with van der Waals surface area (Å²) >= 11 is 23.9. The van der Waals surface area contributed by atoms with Gasteiger partial charge in [0.2, 0.25) is 5.91 Å². The third kappa shape index (κ3) is 3.25. The molecule has 10 heteroatoms. The van der Waals surface area contributed by atoms with E-state index in [0.717, 1.165) is 0 Å². The minimum Gasteiger partial charge on any atom is -0.336 e. The maximum absolute atomic E-state index is 12.6.